The molecule has 1 saturated carbocycles. The number of ether oxygens (including phenoxy) is 1. The molecule has 0 heterocycles. The number of aliphatic hydroxyl groups excluding tert-OH is 1. The van der Waals surface area contributed by atoms with Gasteiger partial charge in [0, 0.05) is 13.2 Å². The average Bonchev–Trinajstić information content (AvgIpc) is 2.87. The van der Waals surface area contributed by atoms with Gasteiger partial charge in [-0.15, -0.1) is 0 Å². The van der Waals surface area contributed by atoms with Gasteiger partial charge in [0.1, 0.15) is 0 Å². The highest BCUT2D eigenvalue weighted by atomic mass is 16.5. The van der Waals surface area contributed by atoms with Crippen LogP contribution in [-0.2, 0) is 4.74 Å². The molecule has 3 heteroatoms. The lowest BCUT2D eigenvalue weighted by Gasteiger charge is -2.13. The second kappa shape index (κ2) is 6.38. The molecule has 14 heavy (non-hydrogen) atoms. The quantitative estimate of drug-likeness (QED) is 0.616. The molecule has 1 unspecified atom stereocenters. The summed E-state index contributed by atoms with van der Waals surface area (Å²) in [7, 11) is 0. The summed E-state index contributed by atoms with van der Waals surface area (Å²) in [6.07, 6.45) is 2.26. The molecule has 0 bridgehead atoms. The minimum atomic E-state index is -0.354. The summed E-state index contributed by atoms with van der Waals surface area (Å²) < 4.78 is 5.39. The van der Waals surface area contributed by atoms with Crippen LogP contribution < -0.4 is 5.32 Å². The Labute approximate surface area is 86.8 Å². The molecule has 84 valence electrons. The summed E-state index contributed by atoms with van der Waals surface area (Å²) in [6, 6.07) is 0. The van der Waals surface area contributed by atoms with Crippen LogP contribution in [0.3, 0.4) is 0 Å². The first-order valence-corrected chi connectivity index (χ1v) is 5.65. The highest BCUT2D eigenvalue weighted by molar-refractivity contribution is 4.72. The van der Waals surface area contributed by atoms with Crippen LogP contribution in [0.2, 0.25) is 0 Å². The molecular formula is C11H23NO2. The van der Waals surface area contributed by atoms with E-state index in [1.807, 2.05) is 0 Å². The van der Waals surface area contributed by atoms with Gasteiger partial charge in [0.2, 0.25) is 0 Å². The third kappa shape index (κ3) is 6.35. The first-order valence-electron chi connectivity index (χ1n) is 5.65. The van der Waals surface area contributed by atoms with E-state index in [0.717, 1.165) is 19.1 Å². The monoisotopic (exact) mass is 201 g/mol. The lowest BCUT2D eigenvalue weighted by atomic mass is 10.2. The predicted octanol–water partition coefficient (Wildman–Crippen LogP) is 1.02. The van der Waals surface area contributed by atoms with Gasteiger partial charge in [0.15, 0.2) is 0 Å². The first-order chi connectivity index (χ1) is 6.68. The van der Waals surface area contributed by atoms with Crippen molar-refractivity contribution in [3.05, 3.63) is 0 Å². The molecule has 0 aromatic heterocycles. The fourth-order valence-electron chi connectivity index (χ4n) is 1.25. The topological polar surface area (TPSA) is 41.5 Å². The standard InChI is InChI=1S/C11H23NO2/c1-9(2)5-12-6-11(13)8-14-7-10-3-4-10/h9-13H,3-8H2,1-2H3. The Hall–Kier alpha value is -0.120. The summed E-state index contributed by atoms with van der Waals surface area (Å²) in [5, 5.41) is 12.7. The Morgan fingerprint density at radius 1 is 1.36 bits per heavy atom. The number of nitrogens with one attached hydrogen (secondary N) is 1. The maximum Gasteiger partial charge on any atom is 0.0897 e. The van der Waals surface area contributed by atoms with E-state index in [0.29, 0.717) is 19.1 Å². The van der Waals surface area contributed by atoms with Crippen molar-refractivity contribution in [2.24, 2.45) is 11.8 Å². The van der Waals surface area contributed by atoms with Crippen molar-refractivity contribution < 1.29 is 9.84 Å². The normalized spacial score (nSPS) is 18.9. The molecule has 1 aliphatic rings. The van der Waals surface area contributed by atoms with Crippen LogP contribution in [0.4, 0.5) is 0 Å². The molecule has 0 aromatic rings. The molecule has 1 atom stereocenters. The first kappa shape index (κ1) is 12.0. The van der Waals surface area contributed by atoms with Crippen molar-refractivity contribution in [1.82, 2.24) is 5.32 Å². The van der Waals surface area contributed by atoms with Crippen molar-refractivity contribution in [2.75, 3.05) is 26.3 Å². The van der Waals surface area contributed by atoms with Gasteiger partial charge in [0.05, 0.1) is 12.7 Å². The molecule has 1 rings (SSSR count). The zero-order valence-electron chi connectivity index (χ0n) is 9.33. The molecule has 0 radical (unpaired) electrons. The van der Waals surface area contributed by atoms with E-state index >= 15 is 0 Å². The van der Waals surface area contributed by atoms with E-state index in [4.69, 9.17) is 4.74 Å². The van der Waals surface area contributed by atoms with Crippen molar-refractivity contribution >= 4 is 0 Å². The van der Waals surface area contributed by atoms with Crippen LogP contribution >= 0.6 is 0 Å². The third-order valence-corrected chi connectivity index (χ3v) is 2.29. The van der Waals surface area contributed by atoms with Crippen LogP contribution in [-0.4, -0.2) is 37.5 Å². The van der Waals surface area contributed by atoms with Gasteiger partial charge in [-0.25, -0.2) is 0 Å². The van der Waals surface area contributed by atoms with Crippen molar-refractivity contribution in [1.29, 1.82) is 0 Å². The molecule has 1 fully saturated rings. The molecule has 0 amide bonds. The Kier molecular flexibility index (Phi) is 5.45. The molecule has 0 spiro atoms. The van der Waals surface area contributed by atoms with Gasteiger partial charge in [-0.1, -0.05) is 13.8 Å². The fraction of sp³-hybridized carbons (Fsp3) is 1.00. The van der Waals surface area contributed by atoms with Crippen LogP contribution in [0.5, 0.6) is 0 Å². The lowest BCUT2D eigenvalue weighted by Crippen LogP contribution is -2.32. The summed E-state index contributed by atoms with van der Waals surface area (Å²) >= 11 is 0. The molecule has 0 aliphatic heterocycles. The lowest BCUT2D eigenvalue weighted by molar-refractivity contribution is 0.0323. The van der Waals surface area contributed by atoms with Crippen LogP contribution in [0.25, 0.3) is 0 Å². The minimum absolute atomic E-state index is 0.354. The SMILES string of the molecule is CC(C)CNCC(O)COCC1CC1. The number of hydrogen-bond donors (Lipinski definition) is 2. The van der Waals surface area contributed by atoms with E-state index in [1.165, 1.54) is 12.8 Å². The molecular weight excluding hydrogens is 178 g/mol. The van der Waals surface area contributed by atoms with Crippen molar-refractivity contribution in [2.45, 2.75) is 32.8 Å². The second-order valence-electron chi connectivity index (χ2n) is 4.69. The molecule has 3 nitrogen and oxygen atoms in total. The number of rotatable bonds is 8. The summed E-state index contributed by atoms with van der Waals surface area (Å²) in [5.41, 5.74) is 0. The van der Waals surface area contributed by atoms with Crippen molar-refractivity contribution in [3.8, 4) is 0 Å². The highest BCUT2D eigenvalue weighted by Gasteiger charge is 2.21. The van der Waals surface area contributed by atoms with Gasteiger partial charge in [-0.3, -0.25) is 0 Å². The Bertz CT molecular complexity index is 138. The molecule has 2 N–H and O–H groups in total. The molecule has 0 saturated heterocycles. The minimum Gasteiger partial charge on any atom is -0.389 e. The van der Waals surface area contributed by atoms with Crippen molar-refractivity contribution in [3.63, 3.8) is 0 Å². The van der Waals surface area contributed by atoms with E-state index in [9.17, 15) is 5.11 Å². The van der Waals surface area contributed by atoms with Gasteiger partial charge < -0.3 is 15.2 Å². The third-order valence-electron chi connectivity index (χ3n) is 2.29. The second-order valence-corrected chi connectivity index (χ2v) is 4.69. The van der Waals surface area contributed by atoms with E-state index in [-0.39, 0.29) is 6.10 Å². The average molecular weight is 201 g/mol. The van der Waals surface area contributed by atoms with Crippen LogP contribution in [0.1, 0.15) is 26.7 Å². The van der Waals surface area contributed by atoms with Gasteiger partial charge in [-0.05, 0) is 31.2 Å². The predicted molar refractivity (Wildman–Crippen MR) is 57.3 cm³/mol. The van der Waals surface area contributed by atoms with E-state index in [2.05, 4.69) is 19.2 Å². The van der Waals surface area contributed by atoms with Gasteiger partial charge >= 0.3 is 0 Å². The zero-order chi connectivity index (χ0) is 10.4. The van der Waals surface area contributed by atoms with E-state index < -0.39 is 0 Å². The summed E-state index contributed by atoms with van der Waals surface area (Å²) in [6.45, 7) is 7.22. The van der Waals surface area contributed by atoms with E-state index in [1.54, 1.807) is 0 Å². The largest absolute Gasteiger partial charge is 0.389 e. The van der Waals surface area contributed by atoms with Crippen LogP contribution in [0, 0.1) is 11.8 Å². The maximum absolute atomic E-state index is 9.51. The number of aliphatic hydroxyl groups is 1. The number of hydrogen-bond acceptors (Lipinski definition) is 3. The molecule has 0 aromatic carbocycles. The Balaban J connectivity index is 1.84. The van der Waals surface area contributed by atoms with Gasteiger partial charge in [0.25, 0.3) is 0 Å². The summed E-state index contributed by atoms with van der Waals surface area (Å²) in [5.74, 6) is 1.42. The molecule has 1 aliphatic carbocycles. The van der Waals surface area contributed by atoms with Gasteiger partial charge in [-0.2, -0.15) is 0 Å². The zero-order valence-corrected chi connectivity index (χ0v) is 9.33. The van der Waals surface area contributed by atoms with Crippen LogP contribution in [0.15, 0.2) is 0 Å². The Morgan fingerprint density at radius 3 is 2.64 bits per heavy atom. The fourth-order valence-corrected chi connectivity index (χ4v) is 1.25. The Morgan fingerprint density at radius 2 is 2.07 bits per heavy atom. The summed E-state index contributed by atoms with van der Waals surface area (Å²) in [4.78, 5) is 0. The highest BCUT2D eigenvalue weighted by Crippen LogP contribution is 2.28. The smallest absolute Gasteiger partial charge is 0.0897 e. The maximum atomic E-state index is 9.51.